The Morgan fingerprint density at radius 3 is 3.00 bits per heavy atom. The Hall–Kier alpha value is -1.30. The van der Waals surface area contributed by atoms with Crippen LogP contribution in [-0.4, -0.2) is 30.5 Å². The highest BCUT2D eigenvalue weighted by atomic mass is 35.5. The van der Waals surface area contributed by atoms with Crippen LogP contribution in [0, 0.1) is 5.92 Å². The van der Waals surface area contributed by atoms with Crippen molar-refractivity contribution in [3.63, 3.8) is 0 Å². The van der Waals surface area contributed by atoms with Gasteiger partial charge in [-0.25, -0.2) is 4.98 Å². The van der Waals surface area contributed by atoms with Crippen LogP contribution in [0.5, 0.6) is 0 Å². The molecular weight excluding hydrogens is 353 g/mol. The zero-order valence-electron chi connectivity index (χ0n) is 12.5. The molecule has 1 aliphatic rings. The minimum Gasteiger partial charge on any atom is -0.352 e. The number of hydrogen-bond acceptors (Lipinski definition) is 4. The van der Waals surface area contributed by atoms with Crippen molar-refractivity contribution in [2.45, 2.75) is 12.8 Å². The van der Waals surface area contributed by atoms with Gasteiger partial charge in [0.1, 0.15) is 0 Å². The van der Waals surface area contributed by atoms with Gasteiger partial charge in [-0.2, -0.15) is 0 Å². The molecule has 0 radical (unpaired) electrons. The zero-order valence-corrected chi connectivity index (χ0v) is 14.8. The van der Waals surface area contributed by atoms with E-state index in [2.05, 4.69) is 15.2 Å². The molecule has 1 saturated heterocycles. The number of nitrogens with one attached hydrogen (secondary N) is 1. The van der Waals surface area contributed by atoms with E-state index >= 15 is 0 Å². The van der Waals surface area contributed by atoms with Crippen molar-refractivity contribution in [1.82, 2.24) is 10.3 Å². The van der Waals surface area contributed by atoms with Crippen LogP contribution in [0.15, 0.2) is 29.8 Å². The predicted molar refractivity (Wildman–Crippen MR) is 95.8 cm³/mol. The van der Waals surface area contributed by atoms with E-state index in [1.54, 1.807) is 29.5 Å². The summed E-state index contributed by atoms with van der Waals surface area (Å²) in [4.78, 5) is 18.9. The largest absolute Gasteiger partial charge is 0.352 e. The molecule has 7 heteroatoms. The predicted octanol–water partition coefficient (Wildman–Crippen LogP) is 4.10. The van der Waals surface area contributed by atoms with Crippen molar-refractivity contribution in [3.05, 3.63) is 45.4 Å². The number of rotatable bonds is 4. The number of carbonyl (C=O) groups is 1. The van der Waals surface area contributed by atoms with Crippen LogP contribution in [0.4, 0.5) is 5.13 Å². The molecule has 1 atom stereocenters. The van der Waals surface area contributed by atoms with Gasteiger partial charge in [0.05, 0.1) is 10.0 Å². The fraction of sp³-hybridized carbons (Fsp3) is 0.375. The van der Waals surface area contributed by atoms with Gasteiger partial charge in [-0.3, -0.25) is 4.79 Å². The second-order valence-corrected chi connectivity index (χ2v) is 7.30. The average molecular weight is 370 g/mol. The van der Waals surface area contributed by atoms with E-state index in [1.807, 2.05) is 11.6 Å². The van der Waals surface area contributed by atoms with Gasteiger partial charge in [0, 0.05) is 36.8 Å². The van der Waals surface area contributed by atoms with Crippen LogP contribution in [0.2, 0.25) is 10.0 Å². The molecule has 1 amide bonds. The summed E-state index contributed by atoms with van der Waals surface area (Å²) in [6.07, 6.45) is 4.06. The fourth-order valence-electron chi connectivity index (χ4n) is 2.75. The number of piperidine rings is 1. The van der Waals surface area contributed by atoms with Gasteiger partial charge in [0.2, 0.25) is 0 Å². The van der Waals surface area contributed by atoms with Gasteiger partial charge in [-0.05, 0) is 37.0 Å². The number of amides is 1. The summed E-state index contributed by atoms with van der Waals surface area (Å²) in [5.74, 6) is 0.314. The lowest BCUT2D eigenvalue weighted by Gasteiger charge is -2.32. The third-order valence-corrected chi connectivity index (χ3v) is 5.51. The molecule has 1 N–H and O–H groups in total. The molecule has 0 saturated carbocycles. The molecule has 122 valence electrons. The van der Waals surface area contributed by atoms with Gasteiger partial charge in [-0.15, -0.1) is 11.3 Å². The number of benzene rings is 1. The first-order chi connectivity index (χ1) is 11.1. The number of aromatic nitrogens is 1. The van der Waals surface area contributed by atoms with Crippen LogP contribution in [0.3, 0.4) is 0 Å². The molecule has 0 spiro atoms. The number of halogens is 2. The van der Waals surface area contributed by atoms with Gasteiger partial charge >= 0.3 is 0 Å². The van der Waals surface area contributed by atoms with E-state index in [1.165, 1.54) is 0 Å². The molecule has 0 aliphatic carbocycles. The number of carbonyl (C=O) groups excluding carboxylic acids is 1. The van der Waals surface area contributed by atoms with Crippen molar-refractivity contribution in [2.75, 3.05) is 24.5 Å². The molecule has 1 aromatic carbocycles. The lowest BCUT2D eigenvalue weighted by atomic mass is 9.98. The second kappa shape index (κ2) is 7.51. The molecule has 23 heavy (non-hydrogen) atoms. The highest BCUT2D eigenvalue weighted by molar-refractivity contribution is 7.13. The van der Waals surface area contributed by atoms with Crippen LogP contribution < -0.4 is 10.2 Å². The first-order valence-electron chi connectivity index (χ1n) is 7.51. The summed E-state index contributed by atoms with van der Waals surface area (Å²) in [5, 5.41) is 6.90. The van der Waals surface area contributed by atoms with E-state index in [0.717, 1.165) is 31.1 Å². The van der Waals surface area contributed by atoms with Crippen molar-refractivity contribution >= 4 is 45.6 Å². The fourth-order valence-corrected chi connectivity index (χ4v) is 3.73. The van der Waals surface area contributed by atoms with Gasteiger partial charge in [0.15, 0.2) is 5.13 Å². The summed E-state index contributed by atoms with van der Waals surface area (Å²) in [5.41, 5.74) is 0.534. The van der Waals surface area contributed by atoms with Crippen LogP contribution in [0.1, 0.15) is 23.2 Å². The van der Waals surface area contributed by atoms with Crippen LogP contribution in [0.25, 0.3) is 0 Å². The number of hydrogen-bond donors (Lipinski definition) is 1. The van der Waals surface area contributed by atoms with E-state index < -0.39 is 0 Å². The van der Waals surface area contributed by atoms with E-state index in [9.17, 15) is 4.79 Å². The first kappa shape index (κ1) is 16.6. The van der Waals surface area contributed by atoms with Crippen molar-refractivity contribution < 1.29 is 4.79 Å². The number of thiazole rings is 1. The maximum Gasteiger partial charge on any atom is 0.251 e. The summed E-state index contributed by atoms with van der Waals surface area (Å²) in [6.45, 7) is 2.61. The van der Waals surface area contributed by atoms with Crippen molar-refractivity contribution in [1.29, 1.82) is 0 Å². The minimum absolute atomic E-state index is 0.116. The van der Waals surface area contributed by atoms with Gasteiger partial charge in [0.25, 0.3) is 5.91 Å². The Labute approximate surface area is 149 Å². The number of anilines is 1. The van der Waals surface area contributed by atoms with Crippen molar-refractivity contribution in [2.24, 2.45) is 5.92 Å². The molecule has 2 heterocycles. The third kappa shape index (κ3) is 4.16. The Morgan fingerprint density at radius 2 is 2.26 bits per heavy atom. The lowest BCUT2D eigenvalue weighted by Crippen LogP contribution is -2.41. The van der Waals surface area contributed by atoms with Crippen LogP contribution >= 0.6 is 34.5 Å². The second-order valence-electron chi connectivity index (χ2n) is 5.61. The molecule has 2 aromatic rings. The lowest BCUT2D eigenvalue weighted by molar-refractivity contribution is 0.0945. The molecule has 0 bridgehead atoms. The molecule has 3 rings (SSSR count). The standard InChI is InChI=1S/C16H17Cl2N3OS/c17-13-4-3-12(8-14(13)18)15(22)20-9-11-2-1-6-21(10-11)16-19-5-7-23-16/h3-5,7-8,11H,1-2,6,9-10H2,(H,20,22). The summed E-state index contributed by atoms with van der Waals surface area (Å²) >= 11 is 13.5. The molecule has 1 aliphatic heterocycles. The Kier molecular flexibility index (Phi) is 5.41. The van der Waals surface area contributed by atoms with E-state index in [-0.39, 0.29) is 5.91 Å². The minimum atomic E-state index is -0.116. The van der Waals surface area contributed by atoms with E-state index in [0.29, 0.717) is 28.1 Å². The Balaban J connectivity index is 1.55. The van der Waals surface area contributed by atoms with Gasteiger partial charge in [-0.1, -0.05) is 23.2 Å². The van der Waals surface area contributed by atoms with Crippen LogP contribution in [-0.2, 0) is 0 Å². The maximum absolute atomic E-state index is 12.2. The molecule has 1 aromatic heterocycles. The summed E-state index contributed by atoms with van der Waals surface area (Å²) < 4.78 is 0. The SMILES string of the molecule is O=C(NCC1CCCN(c2nccs2)C1)c1ccc(Cl)c(Cl)c1. The molecule has 4 nitrogen and oxygen atoms in total. The number of nitrogens with zero attached hydrogens (tertiary/aromatic N) is 2. The maximum atomic E-state index is 12.2. The zero-order chi connectivity index (χ0) is 16.2. The first-order valence-corrected chi connectivity index (χ1v) is 9.15. The summed E-state index contributed by atoms with van der Waals surface area (Å²) in [6, 6.07) is 4.93. The van der Waals surface area contributed by atoms with Gasteiger partial charge < -0.3 is 10.2 Å². The Morgan fingerprint density at radius 1 is 1.39 bits per heavy atom. The Bertz CT molecular complexity index is 678. The highest BCUT2D eigenvalue weighted by Crippen LogP contribution is 2.25. The average Bonchev–Trinajstić information content (AvgIpc) is 3.10. The normalized spacial score (nSPS) is 18.0. The topological polar surface area (TPSA) is 45.2 Å². The smallest absolute Gasteiger partial charge is 0.251 e. The molecule has 1 fully saturated rings. The monoisotopic (exact) mass is 369 g/mol. The summed E-state index contributed by atoms with van der Waals surface area (Å²) in [7, 11) is 0. The molecular formula is C16H17Cl2N3OS. The molecule has 1 unspecified atom stereocenters. The van der Waals surface area contributed by atoms with E-state index in [4.69, 9.17) is 23.2 Å². The van der Waals surface area contributed by atoms with Crippen molar-refractivity contribution in [3.8, 4) is 0 Å². The quantitative estimate of drug-likeness (QED) is 0.882. The highest BCUT2D eigenvalue weighted by Gasteiger charge is 2.22. The third-order valence-electron chi connectivity index (χ3n) is 3.94.